The number of β-amino-alcohol motifs (C(OH)–C–C–N with tert-alkyl or cyclic N) is 1. The van der Waals surface area contributed by atoms with Gasteiger partial charge < -0.3 is 19.3 Å². The molecule has 0 aliphatic carbocycles. The van der Waals surface area contributed by atoms with Gasteiger partial charge in [-0.25, -0.2) is 0 Å². The van der Waals surface area contributed by atoms with Gasteiger partial charge in [0.2, 0.25) is 6.79 Å². The Hall–Kier alpha value is -2.09. The molecule has 2 aromatic rings. The lowest BCUT2D eigenvalue weighted by Gasteiger charge is -2.40. The molecule has 4 rings (SSSR count). The summed E-state index contributed by atoms with van der Waals surface area (Å²) in [6, 6.07) is 8.10. The summed E-state index contributed by atoms with van der Waals surface area (Å²) in [6.45, 7) is 3.50. The van der Waals surface area contributed by atoms with E-state index in [1.54, 1.807) is 6.20 Å². The quantitative estimate of drug-likeness (QED) is 0.818. The number of aromatic nitrogens is 2. The third-order valence-electron chi connectivity index (χ3n) is 4.32. The van der Waals surface area contributed by atoms with E-state index in [-0.39, 0.29) is 6.79 Å². The number of hydrogen-bond acceptors (Lipinski definition) is 6. The SMILES string of the molecule is OC(COCc1ccc2c(c1)OCO2)CN1CC(n2cccn2)C1. The number of fused-ring (bicyclic) bond motifs is 1. The number of hydrogen-bond donors (Lipinski definition) is 1. The first-order valence-electron chi connectivity index (χ1n) is 8.14. The average Bonchev–Trinajstić information content (AvgIpc) is 3.21. The Balaban J connectivity index is 1.16. The summed E-state index contributed by atoms with van der Waals surface area (Å²) in [5.74, 6) is 1.52. The van der Waals surface area contributed by atoms with E-state index >= 15 is 0 Å². The van der Waals surface area contributed by atoms with Gasteiger partial charge in [-0.15, -0.1) is 0 Å². The second kappa shape index (κ2) is 6.80. The van der Waals surface area contributed by atoms with Gasteiger partial charge in [-0.05, 0) is 23.8 Å². The largest absolute Gasteiger partial charge is 0.454 e. The van der Waals surface area contributed by atoms with Crippen molar-refractivity contribution in [2.24, 2.45) is 0 Å². The summed E-state index contributed by atoms with van der Waals surface area (Å²) in [4.78, 5) is 2.21. The van der Waals surface area contributed by atoms with Crippen LogP contribution >= 0.6 is 0 Å². The molecule has 1 atom stereocenters. The van der Waals surface area contributed by atoms with Crippen molar-refractivity contribution in [3.05, 3.63) is 42.2 Å². The maximum atomic E-state index is 10.1. The van der Waals surface area contributed by atoms with Crippen molar-refractivity contribution in [1.82, 2.24) is 14.7 Å². The van der Waals surface area contributed by atoms with Gasteiger partial charge >= 0.3 is 0 Å². The third-order valence-corrected chi connectivity index (χ3v) is 4.32. The molecule has 0 amide bonds. The van der Waals surface area contributed by atoms with Crippen molar-refractivity contribution in [2.45, 2.75) is 18.8 Å². The van der Waals surface area contributed by atoms with Crippen molar-refractivity contribution in [3.63, 3.8) is 0 Å². The molecule has 1 saturated heterocycles. The zero-order valence-electron chi connectivity index (χ0n) is 13.4. The van der Waals surface area contributed by atoms with Gasteiger partial charge in [-0.2, -0.15) is 5.10 Å². The number of benzene rings is 1. The zero-order valence-corrected chi connectivity index (χ0v) is 13.4. The number of aliphatic hydroxyl groups is 1. The molecule has 0 saturated carbocycles. The predicted octanol–water partition coefficient (Wildman–Crippen LogP) is 1.05. The smallest absolute Gasteiger partial charge is 0.231 e. The molecule has 7 heteroatoms. The van der Waals surface area contributed by atoms with Gasteiger partial charge in [-0.3, -0.25) is 9.58 Å². The van der Waals surface area contributed by atoms with Gasteiger partial charge in [0.05, 0.1) is 25.4 Å². The highest BCUT2D eigenvalue weighted by Gasteiger charge is 2.29. The minimum Gasteiger partial charge on any atom is -0.454 e. The number of ether oxygens (including phenoxy) is 3. The standard InChI is InChI=1S/C17H21N3O4/c21-15(9-19-7-14(8-19)20-5-1-4-18-20)11-22-10-13-2-3-16-17(6-13)24-12-23-16/h1-6,14-15,21H,7-12H2. The van der Waals surface area contributed by atoms with E-state index in [0.29, 0.717) is 25.8 Å². The molecular weight excluding hydrogens is 310 g/mol. The Labute approximate surface area is 140 Å². The lowest BCUT2D eigenvalue weighted by molar-refractivity contribution is -0.0134. The topological polar surface area (TPSA) is 69.0 Å². The summed E-state index contributed by atoms with van der Waals surface area (Å²) in [6.07, 6.45) is 3.28. The molecule has 2 aliphatic heterocycles. The highest BCUT2D eigenvalue weighted by molar-refractivity contribution is 5.44. The number of nitrogens with zero attached hydrogens (tertiary/aromatic N) is 3. The van der Waals surface area contributed by atoms with Crippen LogP contribution in [0.5, 0.6) is 11.5 Å². The second-order valence-corrected chi connectivity index (χ2v) is 6.22. The minimum absolute atomic E-state index is 0.272. The summed E-state index contributed by atoms with van der Waals surface area (Å²) >= 11 is 0. The zero-order chi connectivity index (χ0) is 16.4. The molecular formula is C17H21N3O4. The monoisotopic (exact) mass is 331 g/mol. The van der Waals surface area contributed by atoms with Crippen molar-refractivity contribution < 1.29 is 19.3 Å². The Morgan fingerprint density at radius 1 is 1.29 bits per heavy atom. The maximum Gasteiger partial charge on any atom is 0.231 e. The van der Waals surface area contributed by atoms with Crippen LogP contribution in [0.3, 0.4) is 0 Å². The summed E-state index contributed by atoms with van der Waals surface area (Å²) < 4.78 is 18.2. The van der Waals surface area contributed by atoms with Gasteiger partial charge in [0.15, 0.2) is 11.5 Å². The first kappa shape index (κ1) is 15.4. The van der Waals surface area contributed by atoms with Crippen molar-refractivity contribution in [3.8, 4) is 11.5 Å². The fourth-order valence-electron chi connectivity index (χ4n) is 3.05. The van der Waals surface area contributed by atoms with Gasteiger partial charge in [0.25, 0.3) is 0 Å². The molecule has 128 valence electrons. The van der Waals surface area contributed by atoms with E-state index in [0.717, 1.165) is 30.2 Å². The number of rotatable bonds is 7. The van der Waals surface area contributed by atoms with Gasteiger partial charge in [0, 0.05) is 32.0 Å². The lowest BCUT2D eigenvalue weighted by atomic mass is 10.1. The predicted molar refractivity (Wildman–Crippen MR) is 85.9 cm³/mol. The molecule has 1 aromatic heterocycles. The molecule has 2 aliphatic rings. The lowest BCUT2D eigenvalue weighted by Crippen LogP contribution is -2.51. The molecule has 0 spiro atoms. The van der Waals surface area contributed by atoms with E-state index in [1.165, 1.54) is 0 Å². The van der Waals surface area contributed by atoms with Crippen LogP contribution in [-0.4, -0.2) is 58.9 Å². The Morgan fingerprint density at radius 3 is 3.00 bits per heavy atom. The van der Waals surface area contributed by atoms with Crippen LogP contribution in [0.2, 0.25) is 0 Å². The van der Waals surface area contributed by atoms with Crippen LogP contribution in [0.25, 0.3) is 0 Å². The van der Waals surface area contributed by atoms with Crippen molar-refractivity contribution in [1.29, 1.82) is 0 Å². The number of likely N-dealkylation sites (tertiary alicyclic amines) is 1. The average molecular weight is 331 g/mol. The van der Waals surface area contributed by atoms with Crippen molar-refractivity contribution >= 4 is 0 Å². The minimum atomic E-state index is -0.488. The fourth-order valence-corrected chi connectivity index (χ4v) is 3.05. The second-order valence-electron chi connectivity index (χ2n) is 6.22. The molecule has 3 heterocycles. The van der Waals surface area contributed by atoms with Crippen LogP contribution in [0.1, 0.15) is 11.6 Å². The Bertz CT molecular complexity index is 670. The van der Waals surface area contributed by atoms with Crippen molar-refractivity contribution in [2.75, 3.05) is 33.0 Å². The molecule has 24 heavy (non-hydrogen) atoms. The molecule has 7 nitrogen and oxygen atoms in total. The molecule has 0 bridgehead atoms. The summed E-state index contributed by atoms with van der Waals surface area (Å²) in [5.41, 5.74) is 1.01. The Kier molecular flexibility index (Phi) is 4.38. The molecule has 1 aromatic carbocycles. The van der Waals surface area contributed by atoms with Crippen LogP contribution in [0.15, 0.2) is 36.7 Å². The van der Waals surface area contributed by atoms with E-state index in [1.807, 2.05) is 35.1 Å². The van der Waals surface area contributed by atoms with Crippen LogP contribution in [-0.2, 0) is 11.3 Å². The number of aliphatic hydroxyl groups excluding tert-OH is 1. The third kappa shape index (κ3) is 3.38. The van der Waals surface area contributed by atoms with Crippen LogP contribution in [0, 0.1) is 0 Å². The van der Waals surface area contributed by atoms with Gasteiger partial charge in [0.1, 0.15) is 0 Å². The maximum absolute atomic E-state index is 10.1. The summed E-state index contributed by atoms with van der Waals surface area (Å²) in [5, 5.41) is 14.3. The first-order valence-corrected chi connectivity index (χ1v) is 8.14. The van der Waals surface area contributed by atoms with Crippen LogP contribution < -0.4 is 9.47 Å². The van der Waals surface area contributed by atoms with Crippen LogP contribution in [0.4, 0.5) is 0 Å². The highest BCUT2D eigenvalue weighted by Crippen LogP contribution is 2.32. The molecule has 0 radical (unpaired) electrons. The normalized spacial score (nSPS) is 18.5. The first-order chi connectivity index (χ1) is 11.8. The van der Waals surface area contributed by atoms with E-state index in [4.69, 9.17) is 14.2 Å². The van der Waals surface area contributed by atoms with Gasteiger partial charge in [-0.1, -0.05) is 6.07 Å². The molecule has 1 unspecified atom stereocenters. The van der Waals surface area contributed by atoms with E-state index in [2.05, 4.69) is 10.00 Å². The highest BCUT2D eigenvalue weighted by atomic mass is 16.7. The summed E-state index contributed by atoms with van der Waals surface area (Å²) in [7, 11) is 0. The molecule has 1 fully saturated rings. The fraction of sp³-hybridized carbons (Fsp3) is 0.471. The Morgan fingerprint density at radius 2 is 2.17 bits per heavy atom. The van der Waals surface area contributed by atoms with E-state index in [9.17, 15) is 5.11 Å². The van der Waals surface area contributed by atoms with E-state index < -0.39 is 6.10 Å². The molecule has 1 N–H and O–H groups in total.